The molecule has 0 fully saturated rings. The van der Waals surface area contributed by atoms with Gasteiger partial charge in [-0.2, -0.15) is 4.98 Å². The van der Waals surface area contributed by atoms with Crippen molar-refractivity contribution in [1.29, 1.82) is 0 Å². The highest BCUT2D eigenvalue weighted by molar-refractivity contribution is 14.1. The molecular weight excluding hydrogens is 588 g/mol. The minimum absolute atomic E-state index is 0.0223. The number of benzene rings is 1. The summed E-state index contributed by atoms with van der Waals surface area (Å²) >= 11 is 1.89. The summed E-state index contributed by atoms with van der Waals surface area (Å²) in [5.74, 6) is -1.06. The first kappa shape index (κ1) is 25.4. The molecule has 3 rings (SSSR count). The fraction of sp³-hybridized carbons (Fsp3) is 0.300. The maximum Gasteiger partial charge on any atom is 0.255 e. The molecule has 0 aliphatic carbocycles. The molecule has 13 heteroatoms. The summed E-state index contributed by atoms with van der Waals surface area (Å²) in [7, 11) is -5.50. The Labute approximate surface area is 204 Å². The number of nitrogens with zero attached hydrogens (tertiary/aromatic N) is 1. The van der Waals surface area contributed by atoms with Crippen molar-refractivity contribution in [2.45, 2.75) is 12.8 Å². The Morgan fingerprint density at radius 2 is 1.76 bits per heavy atom. The molecule has 33 heavy (non-hydrogen) atoms. The fourth-order valence-corrected chi connectivity index (χ4v) is 5.69. The number of sulfonamides is 1. The molecule has 2 aromatic heterocycles. The predicted molar refractivity (Wildman–Crippen MR) is 132 cm³/mol. The van der Waals surface area contributed by atoms with Gasteiger partial charge < -0.3 is 9.73 Å². The lowest BCUT2D eigenvalue weighted by atomic mass is 10.1. The number of anilines is 1. The molecule has 0 saturated carbocycles. The Bertz CT molecular complexity index is 1400. The van der Waals surface area contributed by atoms with Crippen LogP contribution in [0.4, 0.5) is 10.2 Å². The number of carbonyl (C=O) groups excluding carboxylic acids is 1. The van der Waals surface area contributed by atoms with Crippen molar-refractivity contribution in [2.24, 2.45) is 0 Å². The molecule has 2 N–H and O–H groups in total. The molecule has 3 aromatic rings. The summed E-state index contributed by atoms with van der Waals surface area (Å²) < 4.78 is 69.3. The van der Waals surface area contributed by atoms with Crippen molar-refractivity contribution in [2.75, 3.05) is 29.5 Å². The van der Waals surface area contributed by atoms with E-state index in [1.807, 2.05) is 22.6 Å². The lowest BCUT2D eigenvalue weighted by Crippen LogP contribution is -2.19. The lowest BCUT2D eigenvalue weighted by Gasteiger charge is -2.09. The maximum absolute atomic E-state index is 13.3. The van der Waals surface area contributed by atoms with E-state index in [-0.39, 0.29) is 47.2 Å². The van der Waals surface area contributed by atoms with Gasteiger partial charge in [0, 0.05) is 24.6 Å². The first-order valence-corrected chi connectivity index (χ1v) is 14.5. The molecule has 178 valence electrons. The number of unbranched alkanes of at least 4 members (excludes halogenated alkanes) is 1. The zero-order chi connectivity index (χ0) is 24.4. The minimum Gasteiger partial charge on any atom is -0.437 e. The van der Waals surface area contributed by atoms with Crippen LogP contribution in [0.1, 0.15) is 23.2 Å². The third-order valence-corrected chi connectivity index (χ3v) is 7.81. The van der Waals surface area contributed by atoms with Crippen LogP contribution in [-0.2, 0) is 19.9 Å². The SMILES string of the molecule is CNC(=O)c1c(-c2ccc(F)cc2)oc2nc(NS(=O)(=O)CCCCS(C)(=O)=O)c(I)cc12. The summed E-state index contributed by atoms with van der Waals surface area (Å²) in [6.07, 6.45) is 1.48. The number of nitrogens with one attached hydrogen (secondary N) is 2. The Kier molecular flexibility index (Phi) is 7.63. The predicted octanol–water partition coefficient (Wildman–Crippen LogP) is 3.16. The van der Waals surface area contributed by atoms with E-state index in [0.29, 0.717) is 14.5 Å². The number of aromatic nitrogens is 1. The van der Waals surface area contributed by atoms with Gasteiger partial charge in [0.2, 0.25) is 15.7 Å². The highest BCUT2D eigenvalue weighted by Crippen LogP contribution is 2.35. The Hall–Kier alpha value is -2.26. The van der Waals surface area contributed by atoms with Crippen LogP contribution >= 0.6 is 22.6 Å². The molecule has 0 unspecified atom stereocenters. The van der Waals surface area contributed by atoms with Gasteiger partial charge in [0.15, 0.2) is 5.82 Å². The standard InChI is InChI=1S/C20H21FIN3O6S2/c1-23-19(26)16-14-11-15(22)18(25-33(29,30)10-4-3-9-32(2,27)28)24-20(14)31-17(16)12-5-7-13(21)8-6-12/h5-8,11H,3-4,9-10H2,1-2H3,(H,23,26)(H,24,25). The fourth-order valence-electron chi connectivity index (χ4n) is 3.08. The van der Waals surface area contributed by atoms with Crippen molar-refractivity contribution in [3.05, 3.63) is 45.3 Å². The minimum atomic E-state index is -3.80. The average molecular weight is 609 g/mol. The molecule has 0 bridgehead atoms. The third-order valence-electron chi connectivity index (χ3n) is 4.63. The van der Waals surface area contributed by atoms with Gasteiger partial charge in [-0.15, -0.1) is 0 Å². The van der Waals surface area contributed by atoms with Crippen LogP contribution in [0.2, 0.25) is 0 Å². The van der Waals surface area contributed by atoms with E-state index in [2.05, 4.69) is 15.0 Å². The van der Waals surface area contributed by atoms with Crippen LogP contribution in [0.15, 0.2) is 34.7 Å². The van der Waals surface area contributed by atoms with E-state index in [0.717, 1.165) is 6.26 Å². The first-order chi connectivity index (χ1) is 15.4. The Morgan fingerprint density at radius 3 is 2.36 bits per heavy atom. The van der Waals surface area contributed by atoms with Gasteiger partial charge in [0.25, 0.3) is 5.91 Å². The number of fused-ring (bicyclic) bond motifs is 1. The van der Waals surface area contributed by atoms with E-state index in [4.69, 9.17) is 4.42 Å². The highest BCUT2D eigenvalue weighted by Gasteiger charge is 2.24. The largest absolute Gasteiger partial charge is 0.437 e. The second kappa shape index (κ2) is 9.93. The monoisotopic (exact) mass is 609 g/mol. The molecule has 9 nitrogen and oxygen atoms in total. The zero-order valence-corrected chi connectivity index (χ0v) is 21.5. The molecule has 0 radical (unpaired) electrons. The molecule has 0 spiro atoms. The van der Waals surface area contributed by atoms with E-state index >= 15 is 0 Å². The van der Waals surface area contributed by atoms with Crippen LogP contribution < -0.4 is 10.0 Å². The number of hydrogen-bond donors (Lipinski definition) is 2. The summed E-state index contributed by atoms with van der Waals surface area (Å²) in [4.78, 5) is 16.8. The number of halogens is 2. The lowest BCUT2D eigenvalue weighted by molar-refractivity contribution is 0.0964. The van der Waals surface area contributed by atoms with Gasteiger partial charge in [-0.05, 0) is 65.8 Å². The summed E-state index contributed by atoms with van der Waals surface area (Å²) in [5.41, 5.74) is 0.679. The average Bonchev–Trinajstić information content (AvgIpc) is 3.08. The molecule has 0 aliphatic rings. The summed E-state index contributed by atoms with van der Waals surface area (Å²) in [5, 5.41) is 2.90. The number of pyridine rings is 1. The van der Waals surface area contributed by atoms with Crippen molar-refractivity contribution in [3.63, 3.8) is 0 Å². The molecule has 0 atom stereocenters. The topological polar surface area (TPSA) is 135 Å². The van der Waals surface area contributed by atoms with Crippen molar-refractivity contribution in [3.8, 4) is 11.3 Å². The summed E-state index contributed by atoms with van der Waals surface area (Å²) in [6.45, 7) is 0. The normalized spacial score (nSPS) is 12.1. The van der Waals surface area contributed by atoms with Gasteiger partial charge >= 0.3 is 0 Å². The van der Waals surface area contributed by atoms with Crippen LogP contribution in [0.5, 0.6) is 0 Å². The number of furan rings is 1. The van der Waals surface area contributed by atoms with Gasteiger partial charge in [-0.1, -0.05) is 0 Å². The van der Waals surface area contributed by atoms with Crippen LogP contribution in [0.25, 0.3) is 22.4 Å². The van der Waals surface area contributed by atoms with Gasteiger partial charge in [-0.25, -0.2) is 21.2 Å². The third kappa shape index (κ3) is 6.41. The molecular formula is C20H21FIN3O6S2. The second-order valence-corrected chi connectivity index (χ2v) is 12.6. The number of amides is 1. The quantitative estimate of drug-likeness (QED) is 0.281. The molecule has 1 aromatic carbocycles. The van der Waals surface area contributed by atoms with Crippen molar-refractivity contribution < 1.29 is 30.4 Å². The second-order valence-electron chi connectivity index (χ2n) is 7.32. The molecule has 1 amide bonds. The zero-order valence-electron chi connectivity index (χ0n) is 17.7. The summed E-state index contributed by atoms with van der Waals surface area (Å²) in [6, 6.07) is 6.97. The number of sulfone groups is 1. The van der Waals surface area contributed by atoms with Crippen LogP contribution in [-0.4, -0.2) is 52.5 Å². The number of carbonyl (C=O) groups is 1. The molecule has 2 heterocycles. The smallest absolute Gasteiger partial charge is 0.255 e. The van der Waals surface area contributed by atoms with Gasteiger partial charge in [-0.3, -0.25) is 9.52 Å². The van der Waals surface area contributed by atoms with E-state index < -0.39 is 31.6 Å². The Morgan fingerprint density at radius 1 is 1.12 bits per heavy atom. The maximum atomic E-state index is 13.3. The Balaban J connectivity index is 1.95. The van der Waals surface area contributed by atoms with E-state index in [9.17, 15) is 26.0 Å². The van der Waals surface area contributed by atoms with E-state index in [1.54, 1.807) is 6.07 Å². The van der Waals surface area contributed by atoms with Gasteiger partial charge in [0.1, 0.15) is 21.4 Å². The first-order valence-electron chi connectivity index (χ1n) is 9.69. The van der Waals surface area contributed by atoms with Crippen LogP contribution in [0.3, 0.4) is 0 Å². The highest BCUT2D eigenvalue weighted by atomic mass is 127. The number of rotatable bonds is 9. The van der Waals surface area contributed by atoms with Crippen LogP contribution in [0, 0.1) is 9.39 Å². The number of hydrogen-bond acceptors (Lipinski definition) is 7. The van der Waals surface area contributed by atoms with Crippen molar-refractivity contribution >= 4 is 65.3 Å². The van der Waals surface area contributed by atoms with Gasteiger partial charge in [0.05, 0.1) is 20.3 Å². The van der Waals surface area contributed by atoms with E-state index in [1.165, 1.54) is 31.3 Å². The molecule has 0 saturated heterocycles. The van der Waals surface area contributed by atoms with Crippen molar-refractivity contribution in [1.82, 2.24) is 10.3 Å². The molecule has 0 aliphatic heterocycles.